The maximum atomic E-state index is 12.5. The largest absolute Gasteiger partial charge is 0.294 e. The zero-order valence-corrected chi connectivity index (χ0v) is 8.53. The molecule has 0 aliphatic heterocycles. The molecule has 0 spiro atoms. The molecule has 0 heterocycles. The number of alkyl halides is 2. The molecule has 14 heavy (non-hydrogen) atoms. The summed E-state index contributed by atoms with van der Waals surface area (Å²) >= 11 is 5.63. The first-order valence-corrected chi connectivity index (χ1v) is 4.40. The van der Waals surface area contributed by atoms with Crippen LogP contribution in [0, 0.1) is 6.92 Å². The molecule has 0 aromatic heterocycles. The molecule has 0 radical (unpaired) electrons. The number of benzene rings is 1. The smallest absolute Gasteiger partial charge is 0.264 e. The Morgan fingerprint density at radius 3 is 2.43 bits per heavy atom. The zero-order chi connectivity index (χ0) is 10.9. The lowest BCUT2D eigenvalue weighted by Gasteiger charge is -2.09. The van der Waals surface area contributed by atoms with Gasteiger partial charge < -0.3 is 0 Å². The Bertz CT molecular complexity index is 375. The summed E-state index contributed by atoms with van der Waals surface area (Å²) in [5, 5.41) is 0.225. The van der Waals surface area contributed by atoms with Crippen LogP contribution in [0.2, 0.25) is 5.02 Å². The summed E-state index contributed by atoms with van der Waals surface area (Å²) in [4.78, 5) is 11.1. The minimum atomic E-state index is -2.67. The average Bonchev–Trinajstić information content (AvgIpc) is 2.01. The van der Waals surface area contributed by atoms with Gasteiger partial charge in [-0.05, 0) is 31.5 Å². The van der Waals surface area contributed by atoms with Gasteiger partial charge in [0.05, 0.1) is 0 Å². The van der Waals surface area contributed by atoms with Crippen LogP contribution in [0.1, 0.15) is 34.8 Å². The van der Waals surface area contributed by atoms with Crippen LogP contribution in [0.25, 0.3) is 0 Å². The van der Waals surface area contributed by atoms with E-state index in [-0.39, 0.29) is 21.9 Å². The summed E-state index contributed by atoms with van der Waals surface area (Å²) in [7, 11) is 0. The highest BCUT2D eigenvalue weighted by atomic mass is 35.5. The number of ketones is 1. The topological polar surface area (TPSA) is 17.1 Å². The molecule has 0 amide bonds. The summed E-state index contributed by atoms with van der Waals surface area (Å²) in [5.74, 6) is -0.366. The molecule has 1 rings (SSSR count). The van der Waals surface area contributed by atoms with Crippen molar-refractivity contribution in [3.05, 3.63) is 33.8 Å². The van der Waals surface area contributed by atoms with Gasteiger partial charge in [-0.15, -0.1) is 0 Å². The van der Waals surface area contributed by atoms with Gasteiger partial charge in [0.1, 0.15) is 0 Å². The lowest BCUT2D eigenvalue weighted by Crippen LogP contribution is -2.03. The molecule has 0 bridgehead atoms. The van der Waals surface area contributed by atoms with Crippen molar-refractivity contribution in [3.63, 3.8) is 0 Å². The molecule has 0 saturated carbocycles. The summed E-state index contributed by atoms with van der Waals surface area (Å²) in [6.45, 7) is 2.86. The first-order valence-electron chi connectivity index (χ1n) is 4.02. The third-order valence-corrected chi connectivity index (χ3v) is 2.14. The van der Waals surface area contributed by atoms with Crippen LogP contribution in [0.3, 0.4) is 0 Å². The van der Waals surface area contributed by atoms with Gasteiger partial charge in [-0.2, -0.15) is 0 Å². The van der Waals surface area contributed by atoms with Crippen molar-refractivity contribution in [2.75, 3.05) is 0 Å². The average molecular weight is 219 g/mol. The Kier molecular flexibility index (Phi) is 3.21. The van der Waals surface area contributed by atoms with E-state index in [1.165, 1.54) is 13.0 Å². The van der Waals surface area contributed by atoms with Gasteiger partial charge in [-0.3, -0.25) is 4.79 Å². The minimum Gasteiger partial charge on any atom is -0.294 e. The summed E-state index contributed by atoms with van der Waals surface area (Å²) in [5.41, 5.74) is 0.271. The molecule has 0 fully saturated rings. The molecule has 0 atom stereocenters. The van der Waals surface area contributed by atoms with Crippen molar-refractivity contribution < 1.29 is 13.6 Å². The van der Waals surface area contributed by atoms with E-state index in [2.05, 4.69) is 0 Å². The van der Waals surface area contributed by atoms with Crippen LogP contribution in [0.4, 0.5) is 8.78 Å². The molecule has 0 saturated heterocycles. The second kappa shape index (κ2) is 4.05. The Morgan fingerprint density at radius 2 is 2.00 bits per heavy atom. The van der Waals surface area contributed by atoms with Crippen LogP contribution in [0.5, 0.6) is 0 Å². The monoisotopic (exact) mass is 218 g/mol. The fraction of sp³-hybridized carbons (Fsp3) is 0.300. The second-order valence-electron chi connectivity index (χ2n) is 3.04. The summed E-state index contributed by atoms with van der Waals surface area (Å²) in [6, 6.07) is 2.64. The molecule has 1 nitrogen and oxygen atoms in total. The maximum absolute atomic E-state index is 12.5. The van der Waals surface area contributed by atoms with Gasteiger partial charge in [0, 0.05) is 16.1 Å². The molecule has 4 heteroatoms. The van der Waals surface area contributed by atoms with Crippen molar-refractivity contribution in [1.82, 2.24) is 0 Å². The van der Waals surface area contributed by atoms with E-state index in [4.69, 9.17) is 11.6 Å². The lowest BCUT2D eigenvalue weighted by molar-refractivity contribution is 0.0998. The van der Waals surface area contributed by atoms with Gasteiger partial charge in [0.15, 0.2) is 5.78 Å². The van der Waals surface area contributed by atoms with Crippen LogP contribution in [-0.4, -0.2) is 5.78 Å². The van der Waals surface area contributed by atoms with E-state index in [1.54, 1.807) is 6.92 Å². The lowest BCUT2D eigenvalue weighted by atomic mass is 9.99. The molecular weight excluding hydrogens is 210 g/mol. The molecule has 76 valence electrons. The van der Waals surface area contributed by atoms with Gasteiger partial charge >= 0.3 is 0 Å². The van der Waals surface area contributed by atoms with Gasteiger partial charge in [0.25, 0.3) is 6.43 Å². The second-order valence-corrected chi connectivity index (χ2v) is 3.48. The Morgan fingerprint density at radius 1 is 1.43 bits per heavy atom. The fourth-order valence-electron chi connectivity index (χ4n) is 1.42. The fourth-order valence-corrected chi connectivity index (χ4v) is 1.70. The van der Waals surface area contributed by atoms with Crippen molar-refractivity contribution in [2.24, 2.45) is 0 Å². The van der Waals surface area contributed by atoms with Crippen molar-refractivity contribution in [2.45, 2.75) is 20.3 Å². The quantitative estimate of drug-likeness (QED) is 0.691. The van der Waals surface area contributed by atoms with Crippen molar-refractivity contribution in [3.8, 4) is 0 Å². The van der Waals surface area contributed by atoms with Gasteiger partial charge in [-0.1, -0.05) is 11.6 Å². The minimum absolute atomic E-state index is 0.0735. The Hall–Kier alpha value is -0.960. The molecule has 0 aliphatic rings. The molecular formula is C10H9ClF2O. The first kappa shape index (κ1) is 11.1. The van der Waals surface area contributed by atoms with Crippen molar-refractivity contribution in [1.29, 1.82) is 0 Å². The number of hydrogen-bond donors (Lipinski definition) is 0. The molecule has 0 N–H and O–H groups in total. The SMILES string of the molecule is CC(=O)c1c(C)cc(Cl)cc1C(F)F. The Labute approximate surface area is 85.7 Å². The highest BCUT2D eigenvalue weighted by molar-refractivity contribution is 6.30. The van der Waals surface area contributed by atoms with Gasteiger partial charge in [-0.25, -0.2) is 8.78 Å². The van der Waals surface area contributed by atoms with Gasteiger partial charge in [0.2, 0.25) is 0 Å². The molecule has 1 aromatic rings. The number of carbonyl (C=O) groups excluding carboxylic acids is 1. The predicted molar refractivity (Wildman–Crippen MR) is 51.2 cm³/mol. The maximum Gasteiger partial charge on any atom is 0.264 e. The van der Waals surface area contributed by atoms with E-state index in [0.717, 1.165) is 6.07 Å². The third kappa shape index (κ3) is 2.10. The molecule has 0 aliphatic carbocycles. The van der Waals surface area contributed by atoms with Crippen LogP contribution in [-0.2, 0) is 0 Å². The van der Waals surface area contributed by atoms with Crippen LogP contribution in [0.15, 0.2) is 12.1 Å². The van der Waals surface area contributed by atoms with Crippen molar-refractivity contribution >= 4 is 17.4 Å². The van der Waals surface area contributed by atoms with E-state index in [1.807, 2.05) is 0 Å². The first-order chi connectivity index (χ1) is 6.43. The highest BCUT2D eigenvalue weighted by Gasteiger charge is 2.18. The summed E-state index contributed by atoms with van der Waals surface area (Å²) < 4.78 is 25.1. The van der Waals surface area contributed by atoms with Crippen LogP contribution >= 0.6 is 11.6 Å². The van der Waals surface area contributed by atoms with E-state index >= 15 is 0 Å². The number of carbonyl (C=O) groups is 1. The highest BCUT2D eigenvalue weighted by Crippen LogP contribution is 2.29. The molecule has 0 unspecified atom stereocenters. The number of rotatable bonds is 2. The number of hydrogen-bond acceptors (Lipinski definition) is 1. The standard InChI is InChI=1S/C10H9ClF2O/c1-5-3-7(11)4-8(10(12)13)9(5)6(2)14/h3-4,10H,1-2H3. The predicted octanol–water partition coefficient (Wildman–Crippen LogP) is 3.79. The number of aryl methyl sites for hydroxylation is 1. The normalized spacial score (nSPS) is 10.7. The summed E-state index contributed by atoms with van der Waals surface area (Å²) in [6.07, 6.45) is -2.67. The van der Waals surface area contributed by atoms with E-state index in [9.17, 15) is 13.6 Å². The van der Waals surface area contributed by atoms with Crippen LogP contribution < -0.4 is 0 Å². The Balaban J connectivity index is 3.44. The number of Topliss-reactive ketones (excluding diaryl/α,β-unsaturated/α-hetero) is 1. The van der Waals surface area contributed by atoms with E-state index < -0.39 is 6.43 Å². The molecule has 1 aromatic carbocycles. The number of halogens is 3. The van der Waals surface area contributed by atoms with E-state index in [0.29, 0.717) is 5.56 Å². The third-order valence-electron chi connectivity index (χ3n) is 1.92. The zero-order valence-electron chi connectivity index (χ0n) is 7.77.